The van der Waals surface area contributed by atoms with Crippen molar-refractivity contribution in [3.63, 3.8) is 0 Å². The molecule has 3 aliphatic rings. The number of carbonyl (C=O) groups excluding carboxylic acids is 1. The number of nitrogens with zero attached hydrogens (tertiary/aromatic N) is 2. The monoisotopic (exact) mass is 533 g/mol. The predicted octanol–water partition coefficient (Wildman–Crippen LogP) is 5.89. The molecule has 0 bridgehead atoms. The Morgan fingerprint density at radius 3 is 2.79 bits per heavy atom. The largest absolute Gasteiger partial charge is 0.493 e. The van der Waals surface area contributed by atoms with Gasteiger partial charge in [0.25, 0.3) is 5.91 Å². The molecule has 0 radical (unpaired) electrons. The van der Waals surface area contributed by atoms with Crippen LogP contribution in [0.3, 0.4) is 0 Å². The molecule has 1 saturated carbocycles. The van der Waals surface area contributed by atoms with Gasteiger partial charge in [-0.05, 0) is 37.3 Å². The van der Waals surface area contributed by atoms with E-state index in [1.54, 1.807) is 30.6 Å². The van der Waals surface area contributed by atoms with Gasteiger partial charge >= 0.3 is 0 Å². The standard InChI is InChI=1S/C30H35N3O4S/c1-30(2)36-26-15-21(14-25(35-3)28(26)37-30)29(34)33(16-22-13-20-11-7-8-12-23(20)31-22)17-27-32-24(18-38-27)19-9-5-4-6-10-19/h4-6,9-10,14-15,18,20,22-23,31H,7-8,11-13,16-17H2,1-3H3/t20-,22-,23-/m0/s1. The molecule has 3 heterocycles. The van der Waals surface area contributed by atoms with E-state index >= 15 is 0 Å². The smallest absolute Gasteiger partial charge is 0.254 e. The van der Waals surface area contributed by atoms with Crippen molar-refractivity contribution in [1.29, 1.82) is 0 Å². The van der Waals surface area contributed by atoms with Crippen molar-refractivity contribution in [2.75, 3.05) is 13.7 Å². The highest BCUT2D eigenvalue weighted by Gasteiger charge is 2.38. The van der Waals surface area contributed by atoms with Gasteiger partial charge in [-0.15, -0.1) is 11.3 Å². The third-order valence-electron chi connectivity index (χ3n) is 7.81. The Balaban J connectivity index is 1.28. The molecule has 3 aromatic rings. The Morgan fingerprint density at radius 2 is 2.00 bits per heavy atom. The lowest BCUT2D eigenvalue weighted by molar-refractivity contribution is -0.0439. The number of thiazole rings is 1. The number of fused-ring (bicyclic) bond motifs is 2. The van der Waals surface area contributed by atoms with Gasteiger partial charge in [-0.25, -0.2) is 4.98 Å². The van der Waals surface area contributed by atoms with E-state index in [0.717, 1.165) is 22.7 Å². The summed E-state index contributed by atoms with van der Waals surface area (Å²) in [5.74, 6) is 1.41. The number of rotatable bonds is 7. The summed E-state index contributed by atoms with van der Waals surface area (Å²) in [6.45, 7) is 4.77. The number of nitrogens with one attached hydrogen (secondary N) is 1. The number of amides is 1. The summed E-state index contributed by atoms with van der Waals surface area (Å²) in [5, 5.41) is 6.83. The molecule has 1 aliphatic carbocycles. The molecule has 0 unspecified atom stereocenters. The molecule has 2 aliphatic heterocycles. The molecule has 8 heteroatoms. The van der Waals surface area contributed by atoms with Crippen LogP contribution in [-0.4, -0.2) is 47.3 Å². The summed E-state index contributed by atoms with van der Waals surface area (Å²) in [7, 11) is 1.58. The minimum atomic E-state index is -0.810. The molecule has 6 rings (SSSR count). The lowest BCUT2D eigenvalue weighted by atomic mass is 9.85. The van der Waals surface area contributed by atoms with Gasteiger partial charge in [0.15, 0.2) is 11.5 Å². The zero-order valence-corrected chi connectivity index (χ0v) is 23.1. The van der Waals surface area contributed by atoms with Gasteiger partial charge in [-0.2, -0.15) is 0 Å². The van der Waals surface area contributed by atoms with E-state index in [1.807, 2.05) is 36.9 Å². The summed E-state index contributed by atoms with van der Waals surface area (Å²) in [5.41, 5.74) is 2.55. The minimum absolute atomic E-state index is 0.0625. The van der Waals surface area contributed by atoms with E-state index < -0.39 is 5.79 Å². The van der Waals surface area contributed by atoms with Crippen LogP contribution < -0.4 is 19.5 Å². The molecule has 200 valence electrons. The van der Waals surface area contributed by atoms with Crippen LogP contribution in [0.1, 0.15) is 61.3 Å². The van der Waals surface area contributed by atoms with Gasteiger partial charge in [0, 0.05) is 49.0 Å². The highest BCUT2D eigenvalue weighted by Crippen LogP contribution is 2.47. The van der Waals surface area contributed by atoms with Crippen LogP contribution in [0.4, 0.5) is 0 Å². The molecule has 2 aromatic carbocycles. The molecule has 0 spiro atoms. The van der Waals surface area contributed by atoms with Crippen molar-refractivity contribution in [3.05, 3.63) is 58.4 Å². The molecule has 1 amide bonds. The highest BCUT2D eigenvalue weighted by atomic mass is 32.1. The van der Waals surface area contributed by atoms with Crippen molar-refractivity contribution in [3.8, 4) is 28.5 Å². The number of ether oxygens (including phenoxy) is 3. The van der Waals surface area contributed by atoms with E-state index in [9.17, 15) is 4.79 Å². The van der Waals surface area contributed by atoms with Gasteiger partial charge in [-0.1, -0.05) is 43.2 Å². The fourth-order valence-electron chi connectivity index (χ4n) is 6.09. The molecule has 2 fully saturated rings. The van der Waals surface area contributed by atoms with Crippen LogP contribution in [0.2, 0.25) is 0 Å². The maximum atomic E-state index is 14.1. The third-order valence-corrected chi connectivity index (χ3v) is 8.65. The van der Waals surface area contributed by atoms with Crippen LogP contribution in [-0.2, 0) is 6.54 Å². The molecular formula is C30H35N3O4S. The van der Waals surface area contributed by atoms with Crippen LogP contribution in [0.15, 0.2) is 47.8 Å². The fourth-order valence-corrected chi connectivity index (χ4v) is 6.91. The SMILES string of the molecule is COc1cc(C(=O)N(Cc2nc(-c3ccccc3)cs2)C[C@@H]2C[C@@H]3CCCC[C@@H]3N2)cc2c1OC(C)(C)O2. The number of carbonyl (C=O) groups is 1. The van der Waals surface area contributed by atoms with Gasteiger partial charge in [0.1, 0.15) is 5.01 Å². The summed E-state index contributed by atoms with van der Waals surface area (Å²) in [4.78, 5) is 20.9. The Bertz CT molecular complexity index is 1290. The zero-order valence-electron chi connectivity index (χ0n) is 22.2. The summed E-state index contributed by atoms with van der Waals surface area (Å²) in [6, 6.07) is 14.5. The molecule has 7 nitrogen and oxygen atoms in total. The first-order valence-electron chi connectivity index (χ1n) is 13.5. The second kappa shape index (κ2) is 10.2. The number of hydrogen-bond donors (Lipinski definition) is 1. The van der Waals surface area contributed by atoms with Crippen molar-refractivity contribution in [2.24, 2.45) is 5.92 Å². The molecular weight excluding hydrogens is 498 g/mol. The Kier molecular flexibility index (Phi) is 6.78. The molecule has 1 aromatic heterocycles. The van der Waals surface area contributed by atoms with Crippen molar-refractivity contribution < 1.29 is 19.0 Å². The fraction of sp³-hybridized carbons (Fsp3) is 0.467. The average molecular weight is 534 g/mol. The first-order valence-corrected chi connectivity index (χ1v) is 14.4. The first kappa shape index (κ1) is 25.2. The summed E-state index contributed by atoms with van der Waals surface area (Å²) in [6.07, 6.45) is 6.23. The zero-order chi connectivity index (χ0) is 26.3. The first-order chi connectivity index (χ1) is 18.4. The van der Waals surface area contributed by atoms with Gasteiger partial charge < -0.3 is 24.4 Å². The van der Waals surface area contributed by atoms with Crippen LogP contribution >= 0.6 is 11.3 Å². The van der Waals surface area contributed by atoms with Gasteiger partial charge in [0.05, 0.1) is 19.3 Å². The highest BCUT2D eigenvalue weighted by molar-refractivity contribution is 7.09. The lowest BCUT2D eigenvalue weighted by Crippen LogP contribution is -2.42. The van der Waals surface area contributed by atoms with Crippen molar-refractivity contribution in [2.45, 2.75) is 70.4 Å². The average Bonchev–Trinajstić information content (AvgIpc) is 3.63. The maximum Gasteiger partial charge on any atom is 0.254 e. The predicted molar refractivity (Wildman–Crippen MR) is 148 cm³/mol. The van der Waals surface area contributed by atoms with E-state index in [2.05, 4.69) is 22.8 Å². The summed E-state index contributed by atoms with van der Waals surface area (Å²) < 4.78 is 17.5. The van der Waals surface area contributed by atoms with Crippen LogP contribution in [0, 0.1) is 5.92 Å². The maximum absolute atomic E-state index is 14.1. The number of aromatic nitrogens is 1. The number of hydrogen-bond acceptors (Lipinski definition) is 7. The van der Waals surface area contributed by atoms with Crippen LogP contribution in [0.25, 0.3) is 11.3 Å². The van der Waals surface area contributed by atoms with E-state index in [4.69, 9.17) is 19.2 Å². The van der Waals surface area contributed by atoms with E-state index in [1.165, 1.54) is 25.7 Å². The Labute approximate surface area is 228 Å². The molecule has 1 saturated heterocycles. The van der Waals surface area contributed by atoms with E-state index in [0.29, 0.717) is 47.9 Å². The van der Waals surface area contributed by atoms with Crippen LogP contribution in [0.5, 0.6) is 17.2 Å². The van der Waals surface area contributed by atoms with Crippen molar-refractivity contribution >= 4 is 17.2 Å². The van der Waals surface area contributed by atoms with Crippen molar-refractivity contribution in [1.82, 2.24) is 15.2 Å². The molecule has 1 N–H and O–H groups in total. The molecule has 3 atom stereocenters. The number of methoxy groups -OCH3 is 1. The second-order valence-electron chi connectivity index (χ2n) is 11.0. The molecule has 38 heavy (non-hydrogen) atoms. The topological polar surface area (TPSA) is 72.9 Å². The minimum Gasteiger partial charge on any atom is -0.493 e. The van der Waals surface area contributed by atoms with E-state index in [-0.39, 0.29) is 11.9 Å². The Morgan fingerprint density at radius 1 is 1.18 bits per heavy atom. The number of benzene rings is 2. The quantitative estimate of drug-likeness (QED) is 0.408. The van der Waals surface area contributed by atoms with Gasteiger partial charge in [-0.3, -0.25) is 4.79 Å². The van der Waals surface area contributed by atoms with Gasteiger partial charge in [0.2, 0.25) is 11.5 Å². The third kappa shape index (κ3) is 5.12. The lowest BCUT2D eigenvalue weighted by Gasteiger charge is -2.26. The second-order valence-corrected chi connectivity index (χ2v) is 12.0. The normalized spacial score (nSPS) is 23.2. The summed E-state index contributed by atoms with van der Waals surface area (Å²) >= 11 is 1.60. The Hall–Kier alpha value is -3.10.